The summed E-state index contributed by atoms with van der Waals surface area (Å²) in [6.07, 6.45) is 1.86. The molecule has 0 saturated heterocycles. The summed E-state index contributed by atoms with van der Waals surface area (Å²) in [5.41, 5.74) is -0.0668. The molecule has 0 radical (unpaired) electrons. The summed E-state index contributed by atoms with van der Waals surface area (Å²) in [4.78, 5) is 12.2. The van der Waals surface area contributed by atoms with Crippen LogP contribution >= 0.6 is 0 Å². The van der Waals surface area contributed by atoms with Gasteiger partial charge in [0.1, 0.15) is 12.4 Å². The van der Waals surface area contributed by atoms with Crippen molar-refractivity contribution in [1.29, 1.82) is 0 Å². The Balaban J connectivity index is 2.44. The van der Waals surface area contributed by atoms with Crippen LogP contribution in [0.15, 0.2) is 12.4 Å². The predicted octanol–water partition coefficient (Wildman–Crippen LogP) is 0.328. The number of nitrogens with one attached hydrogen (secondary N) is 1. The summed E-state index contributed by atoms with van der Waals surface area (Å²) in [6, 6.07) is 0.279. The van der Waals surface area contributed by atoms with E-state index in [9.17, 15) is 15.2 Å². The van der Waals surface area contributed by atoms with Crippen LogP contribution in [-0.2, 0) is 6.54 Å². The molecule has 8 nitrogen and oxygen atoms in total. The van der Waals surface area contributed by atoms with Crippen molar-refractivity contribution in [2.45, 2.75) is 32.5 Å². The lowest BCUT2D eigenvalue weighted by Crippen LogP contribution is -2.45. The van der Waals surface area contributed by atoms with E-state index < -0.39 is 11.0 Å². The maximum atomic E-state index is 10.6. The van der Waals surface area contributed by atoms with E-state index in [2.05, 4.69) is 29.2 Å². The van der Waals surface area contributed by atoms with Gasteiger partial charge in [-0.15, -0.1) is 0 Å². The van der Waals surface area contributed by atoms with E-state index in [1.807, 2.05) is 14.1 Å². The molecule has 2 N–H and O–H groups in total. The lowest BCUT2D eigenvalue weighted by molar-refractivity contribution is -0.385. The third-order valence-electron chi connectivity index (χ3n) is 3.21. The van der Waals surface area contributed by atoms with E-state index >= 15 is 0 Å². The van der Waals surface area contributed by atoms with Gasteiger partial charge in [-0.05, 0) is 20.0 Å². The second kappa shape index (κ2) is 8.06. The van der Waals surface area contributed by atoms with E-state index in [1.54, 1.807) is 0 Å². The van der Waals surface area contributed by atoms with Crippen LogP contribution in [0.2, 0.25) is 0 Å². The van der Waals surface area contributed by atoms with Gasteiger partial charge >= 0.3 is 5.69 Å². The first-order valence-electron chi connectivity index (χ1n) is 7.02. The van der Waals surface area contributed by atoms with Crippen LogP contribution in [0.5, 0.6) is 0 Å². The molecule has 21 heavy (non-hydrogen) atoms. The number of likely N-dealkylation sites (N-methyl/N-ethyl adjacent to an activating group) is 1. The second-order valence-electron chi connectivity index (χ2n) is 5.85. The molecule has 120 valence electrons. The Labute approximate surface area is 124 Å². The molecule has 1 heterocycles. The SMILES string of the molecule is CC(C)C(CN(C)C)NCC(O)Cn1cc([N+](=O)[O-])cn1. The first kappa shape index (κ1) is 17.5. The van der Waals surface area contributed by atoms with Gasteiger partial charge in [-0.3, -0.25) is 14.8 Å². The molecule has 0 aliphatic heterocycles. The van der Waals surface area contributed by atoms with Crippen molar-refractivity contribution in [2.24, 2.45) is 5.92 Å². The molecule has 0 saturated carbocycles. The molecule has 2 atom stereocenters. The molecule has 0 aliphatic rings. The summed E-state index contributed by atoms with van der Waals surface area (Å²) in [7, 11) is 4.02. The van der Waals surface area contributed by atoms with Gasteiger partial charge in [0.15, 0.2) is 0 Å². The third kappa shape index (κ3) is 6.19. The summed E-state index contributed by atoms with van der Waals surface area (Å²) in [5, 5.41) is 27.8. The highest BCUT2D eigenvalue weighted by Gasteiger charge is 2.16. The molecule has 0 aromatic carbocycles. The fraction of sp³-hybridized carbons (Fsp3) is 0.769. The fourth-order valence-electron chi connectivity index (χ4n) is 2.02. The maximum Gasteiger partial charge on any atom is 0.306 e. The number of rotatable bonds is 9. The lowest BCUT2D eigenvalue weighted by Gasteiger charge is -2.26. The average molecular weight is 299 g/mol. The number of aliphatic hydroxyl groups is 1. The molecule has 0 aliphatic carbocycles. The van der Waals surface area contributed by atoms with Crippen molar-refractivity contribution in [2.75, 3.05) is 27.2 Å². The number of aliphatic hydroxyl groups excluding tert-OH is 1. The van der Waals surface area contributed by atoms with E-state index in [0.717, 1.165) is 6.54 Å². The molecule has 0 bridgehead atoms. The van der Waals surface area contributed by atoms with Crippen LogP contribution in [0.3, 0.4) is 0 Å². The van der Waals surface area contributed by atoms with E-state index in [-0.39, 0.29) is 18.3 Å². The van der Waals surface area contributed by atoms with E-state index in [1.165, 1.54) is 17.1 Å². The number of hydrogen-bond donors (Lipinski definition) is 2. The summed E-state index contributed by atoms with van der Waals surface area (Å²) in [6.45, 7) is 5.80. The maximum absolute atomic E-state index is 10.6. The highest BCUT2D eigenvalue weighted by atomic mass is 16.6. The van der Waals surface area contributed by atoms with Crippen molar-refractivity contribution in [3.05, 3.63) is 22.5 Å². The number of nitrogens with zero attached hydrogens (tertiary/aromatic N) is 4. The topological polar surface area (TPSA) is 96.5 Å². The largest absolute Gasteiger partial charge is 0.390 e. The first-order valence-corrected chi connectivity index (χ1v) is 7.02. The molecule has 8 heteroatoms. The number of aromatic nitrogens is 2. The Bertz CT molecular complexity index is 447. The molecule has 2 unspecified atom stereocenters. The van der Waals surface area contributed by atoms with Crippen LogP contribution in [0, 0.1) is 16.0 Å². The predicted molar refractivity (Wildman–Crippen MR) is 80.1 cm³/mol. The van der Waals surface area contributed by atoms with Gasteiger partial charge in [0.25, 0.3) is 0 Å². The lowest BCUT2D eigenvalue weighted by atomic mass is 10.0. The zero-order valence-electron chi connectivity index (χ0n) is 13.1. The minimum absolute atomic E-state index is 0.0668. The van der Waals surface area contributed by atoms with Crippen LogP contribution in [0.4, 0.5) is 5.69 Å². The van der Waals surface area contributed by atoms with Crippen LogP contribution in [0.25, 0.3) is 0 Å². The molecule has 0 fully saturated rings. The Hall–Kier alpha value is -1.51. The normalized spacial score (nSPS) is 14.6. The molecule has 1 rings (SSSR count). The zero-order chi connectivity index (χ0) is 16.0. The highest BCUT2D eigenvalue weighted by Crippen LogP contribution is 2.08. The summed E-state index contributed by atoms with van der Waals surface area (Å²) < 4.78 is 1.39. The van der Waals surface area contributed by atoms with Gasteiger partial charge in [0.2, 0.25) is 0 Å². The molecule has 1 aromatic heterocycles. The third-order valence-corrected chi connectivity index (χ3v) is 3.21. The van der Waals surface area contributed by atoms with Crippen LogP contribution in [0.1, 0.15) is 13.8 Å². The Morgan fingerprint density at radius 3 is 2.67 bits per heavy atom. The fourth-order valence-corrected chi connectivity index (χ4v) is 2.02. The number of nitro groups is 1. The second-order valence-corrected chi connectivity index (χ2v) is 5.85. The first-order chi connectivity index (χ1) is 9.79. The van der Waals surface area contributed by atoms with Gasteiger partial charge in [0, 0.05) is 19.1 Å². The molecular formula is C13H25N5O3. The molecule has 1 aromatic rings. The molecule has 0 amide bonds. The minimum Gasteiger partial charge on any atom is -0.390 e. The minimum atomic E-state index is -0.645. The van der Waals surface area contributed by atoms with Crippen molar-refractivity contribution in [1.82, 2.24) is 20.0 Å². The van der Waals surface area contributed by atoms with Crippen molar-refractivity contribution < 1.29 is 10.0 Å². The highest BCUT2D eigenvalue weighted by molar-refractivity contribution is 5.20. The standard InChI is InChI=1S/C13H25N5O3/c1-10(2)13(9-16(3)4)14-6-12(19)8-17-7-11(5-15-17)18(20)21/h5,7,10,12-14,19H,6,8-9H2,1-4H3. The van der Waals surface area contributed by atoms with Gasteiger partial charge in [0.05, 0.1) is 17.6 Å². The Morgan fingerprint density at radius 2 is 2.19 bits per heavy atom. The molecule has 0 spiro atoms. The van der Waals surface area contributed by atoms with Crippen LogP contribution < -0.4 is 5.32 Å². The average Bonchev–Trinajstić information content (AvgIpc) is 2.82. The summed E-state index contributed by atoms with van der Waals surface area (Å²) >= 11 is 0. The van der Waals surface area contributed by atoms with E-state index in [4.69, 9.17) is 0 Å². The van der Waals surface area contributed by atoms with E-state index in [0.29, 0.717) is 12.5 Å². The van der Waals surface area contributed by atoms with Crippen LogP contribution in [-0.4, -0.2) is 64.0 Å². The van der Waals surface area contributed by atoms with Gasteiger partial charge in [-0.1, -0.05) is 13.8 Å². The Kier molecular flexibility index (Phi) is 6.73. The van der Waals surface area contributed by atoms with Gasteiger partial charge in [-0.2, -0.15) is 5.10 Å². The van der Waals surface area contributed by atoms with Gasteiger partial charge in [-0.25, -0.2) is 0 Å². The zero-order valence-corrected chi connectivity index (χ0v) is 13.1. The van der Waals surface area contributed by atoms with Gasteiger partial charge < -0.3 is 15.3 Å². The van der Waals surface area contributed by atoms with Crippen molar-refractivity contribution >= 4 is 5.69 Å². The smallest absolute Gasteiger partial charge is 0.306 e. The van der Waals surface area contributed by atoms with Crippen molar-refractivity contribution in [3.63, 3.8) is 0 Å². The van der Waals surface area contributed by atoms with Crippen molar-refractivity contribution in [3.8, 4) is 0 Å². The Morgan fingerprint density at radius 1 is 1.52 bits per heavy atom. The number of hydrogen-bond acceptors (Lipinski definition) is 6. The quantitative estimate of drug-likeness (QED) is 0.504. The summed E-state index contributed by atoms with van der Waals surface area (Å²) in [5.74, 6) is 0.449. The monoisotopic (exact) mass is 299 g/mol. The molecular weight excluding hydrogens is 274 g/mol.